The molecule has 0 aliphatic carbocycles. The molecule has 1 N–H and O–H groups in total. The fourth-order valence-corrected chi connectivity index (χ4v) is 1.59. The first-order chi connectivity index (χ1) is 10.3. The molecule has 0 aromatic heterocycles. The highest BCUT2D eigenvalue weighted by Crippen LogP contribution is 2.08. The van der Waals surface area contributed by atoms with E-state index in [9.17, 15) is 9.59 Å². The average molecular weight is 303 g/mol. The van der Waals surface area contributed by atoms with Crippen LogP contribution in [0.2, 0.25) is 0 Å². The van der Waals surface area contributed by atoms with Crippen LogP contribution in [0.15, 0.2) is 30.3 Å². The molecule has 0 spiro atoms. The summed E-state index contributed by atoms with van der Waals surface area (Å²) >= 11 is 0. The van der Waals surface area contributed by atoms with Crippen LogP contribution in [-0.4, -0.2) is 23.7 Å². The van der Waals surface area contributed by atoms with Gasteiger partial charge in [0.25, 0.3) is 0 Å². The predicted octanol–water partition coefficient (Wildman–Crippen LogP) is 2.65. The minimum Gasteiger partial charge on any atom is -0.459 e. The summed E-state index contributed by atoms with van der Waals surface area (Å²) in [6, 6.07) is 8.32. The molecular formula is C17H21NO4. The highest BCUT2D eigenvalue weighted by Gasteiger charge is 2.24. The number of ether oxygens (including phenoxy) is 2. The van der Waals surface area contributed by atoms with Crippen LogP contribution < -0.4 is 5.32 Å². The van der Waals surface area contributed by atoms with Gasteiger partial charge >= 0.3 is 12.1 Å². The summed E-state index contributed by atoms with van der Waals surface area (Å²) in [5, 5.41) is 2.43. The number of alkyl carbamates (subject to hydrolysis) is 1. The maximum absolute atomic E-state index is 12.0. The lowest BCUT2D eigenvalue weighted by molar-refractivity contribution is -0.147. The summed E-state index contributed by atoms with van der Waals surface area (Å²) in [6.45, 7) is 5.32. The zero-order chi connectivity index (χ0) is 16.6. The molecule has 1 amide bonds. The van der Waals surface area contributed by atoms with Crippen molar-refractivity contribution in [2.75, 3.05) is 0 Å². The average Bonchev–Trinajstić information content (AvgIpc) is 2.43. The largest absolute Gasteiger partial charge is 0.459 e. The van der Waals surface area contributed by atoms with Gasteiger partial charge in [0.2, 0.25) is 0 Å². The van der Waals surface area contributed by atoms with Gasteiger partial charge in [-0.15, -0.1) is 12.3 Å². The summed E-state index contributed by atoms with van der Waals surface area (Å²) in [5.41, 5.74) is 0.200. The Morgan fingerprint density at radius 1 is 1.27 bits per heavy atom. The maximum Gasteiger partial charge on any atom is 0.408 e. The third kappa shape index (κ3) is 6.80. The standard InChI is InChI=1S/C17H21NO4/c1-5-9-14(18-16(20)22-17(2,3)4)15(19)21-12-13-10-7-6-8-11-13/h1,6-8,10-11,14H,9,12H2,2-4H3,(H,18,20)/t14-/m0/s1. The first kappa shape index (κ1) is 17.6. The number of esters is 1. The number of rotatable bonds is 5. The molecule has 0 saturated carbocycles. The van der Waals surface area contributed by atoms with Gasteiger partial charge in [0, 0.05) is 6.42 Å². The molecule has 0 bridgehead atoms. The van der Waals surface area contributed by atoms with E-state index >= 15 is 0 Å². The Labute approximate surface area is 131 Å². The SMILES string of the molecule is C#CC[C@H](NC(=O)OC(C)(C)C)C(=O)OCc1ccccc1. The van der Waals surface area contributed by atoms with Crippen LogP contribution in [-0.2, 0) is 20.9 Å². The fourth-order valence-electron chi connectivity index (χ4n) is 1.59. The monoisotopic (exact) mass is 303 g/mol. The normalized spacial score (nSPS) is 11.9. The number of nitrogens with one attached hydrogen (secondary N) is 1. The zero-order valence-electron chi connectivity index (χ0n) is 13.1. The van der Waals surface area contributed by atoms with Gasteiger partial charge in [0.1, 0.15) is 18.2 Å². The molecule has 1 aromatic rings. The fraction of sp³-hybridized carbons (Fsp3) is 0.412. The van der Waals surface area contributed by atoms with Crippen LogP contribution in [0.5, 0.6) is 0 Å². The van der Waals surface area contributed by atoms with Gasteiger partial charge in [0.15, 0.2) is 0 Å². The molecule has 5 heteroatoms. The van der Waals surface area contributed by atoms with Crippen LogP contribution >= 0.6 is 0 Å². The van der Waals surface area contributed by atoms with E-state index in [1.165, 1.54) is 0 Å². The van der Waals surface area contributed by atoms with Crippen LogP contribution in [0.3, 0.4) is 0 Å². The quantitative estimate of drug-likeness (QED) is 0.671. The van der Waals surface area contributed by atoms with Crippen molar-refractivity contribution in [2.24, 2.45) is 0 Å². The predicted molar refractivity (Wildman–Crippen MR) is 82.8 cm³/mol. The van der Waals surface area contributed by atoms with Crippen molar-refractivity contribution in [3.63, 3.8) is 0 Å². The first-order valence-corrected chi connectivity index (χ1v) is 6.95. The van der Waals surface area contributed by atoms with Crippen molar-refractivity contribution < 1.29 is 19.1 Å². The highest BCUT2D eigenvalue weighted by molar-refractivity contribution is 5.81. The number of hydrogen-bond donors (Lipinski definition) is 1. The van der Waals surface area contributed by atoms with E-state index in [1.807, 2.05) is 30.3 Å². The second-order valence-corrected chi connectivity index (χ2v) is 5.70. The lowest BCUT2D eigenvalue weighted by Crippen LogP contribution is -2.44. The van der Waals surface area contributed by atoms with E-state index < -0.39 is 23.7 Å². The second kappa shape index (κ2) is 8.08. The molecule has 22 heavy (non-hydrogen) atoms. The Bertz CT molecular complexity index is 540. The van der Waals surface area contributed by atoms with E-state index in [-0.39, 0.29) is 13.0 Å². The van der Waals surface area contributed by atoms with Gasteiger partial charge in [-0.05, 0) is 26.3 Å². The van der Waals surface area contributed by atoms with Crippen molar-refractivity contribution >= 4 is 12.1 Å². The van der Waals surface area contributed by atoms with Crippen LogP contribution in [0.1, 0.15) is 32.8 Å². The Morgan fingerprint density at radius 2 is 1.91 bits per heavy atom. The third-order valence-corrected chi connectivity index (χ3v) is 2.52. The van der Waals surface area contributed by atoms with Crippen LogP contribution in [0.25, 0.3) is 0 Å². The van der Waals surface area contributed by atoms with Crippen molar-refractivity contribution in [3.8, 4) is 12.3 Å². The molecule has 5 nitrogen and oxygen atoms in total. The number of carbonyl (C=O) groups is 2. The number of hydrogen-bond acceptors (Lipinski definition) is 4. The van der Waals surface area contributed by atoms with Gasteiger partial charge in [-0.3, -0.25) is 0 Å². The minimum absolute atomic E-state index is 0.0346. The molecule has 0 aliphatic rings. The number of benzene rings is 1. The smallest absolute Gasteiger partial charge is 0.408 e. The summed E-state index contributed by atoms with van der Waals surface area (Å²) in [5.74, 6) is 1.75. The van der Waals surface area contributed by atoms with Crippen molar-refractivity contribution in [3.05, 3.63) is 35.9 Å². The summed E-state index contributed by atoms with van der Waals surface area (Å²) in [7, 11) is 0. The molecule has 1 atom stereocenters. The van der Waals surface area contributed by atoms with Crippen molar-refractivity contribution in [1.29, 1.82) is 0 Å². The second-order valence-electron chi connectivity index (χ2n) is 5.70. The Morgan fingerprint density at radius 3 is 2.45 bits per heavy atom. The summed E-state index contributed by atoms with van der Waals surface area (Å²) in [6.07, 6.45) is 4.56. The van der Waals surface area contributed by atoms with E-state index in [4.69, 9.17) is 15.9 Å². The molecule has 0 aliphatic heterocycles. The third-order valence-electron chi connectivity index (χ3n) is 2.52. The van der Waals surface area contributed by atoms with Gasteiger partial charge in [-0.25, -0.2) is 9.59 Å². The van der Waals surface area contributed by atoms with Crippen molar-refractivity contribution in [1.82, 2.24) is 5.32 Å². The van der Waals surface area contributed by atoms with E-state index in [0.29, 0.717) is 0 Å². The molecule has 0 unspecified atom stereocenters. The molecule has 0 saturated heterocycles. The Hall–Kier alpha value is -2.48. The molecule has 1 aromatic carbocycles. The minimum atomic E-state index is -0.927. The number of terminal acetylenes is 1. The van der Waals surface area contributed by atoms with Gasteiger partial charge in [-0.2, -0.15) is 0 Å². The van der Waals surface area contributed by atoms with E-state index in [1.54, 1.807) is 20.8 Å². The van der Waals surface area contributed by atoms with E-state index in [2.05, 4.69) is 11.2 Å². The molecule has 1 rings (SSSR count). The van der Waals surface area contributed by atoms with Gasteiger partial charge in [-0.1, -0.05) is 30.3 Å². The maximum atomic E-state index is 12.0. The Balaban J connectivity index is 2.56. The van der Waals surface area contributed by atoms with Crippen molar-refractivity contribution in [2.45, 2.75) is 45.4 Å². The van der Waals surface area contributed by atoms with Gasteiger partial charge in [0.05, 0.1) is 0 Å². The lowest BCUT2D eigenvalue weighted by Gasteiger charge is -2.22. The van der Waals surface area contributed by atoms with Crippen LogP contribution in [0, 0.1) is 12.3 Å². The topological polar surface area (TPSA) is 64.6 Å². The molecule has 0 fully saturated rings. The highest BCUT2D eigenvalue weighted by atomic mass is 16.6. The lowest BCUT2D eigenvalue weighted by atomic mass is 10.2. The number of amides is 1. The van der Waals surface area contributed by atoms with Crippen LogP contribution in [0.4, 0.5) is 4.79 Å². The van der Waals surface area contributed by atoms with E-state index in [0.717, 1.165) is 5.56 Å². The summed E-state index contributed by atoms with van der Waals surface area (Å²) in [4.78, 5) is 23.7. The molecule has 0 radical (unpaired) electrons. The van der Waals surface area contributed by atoms with Gasteiger partial charge < -0.3 is 14.8 Å². The zero-order valence-corrected chi connectivity index (χ0v) is 13.1. The Kier molecular flexibility index (Phi) is 6.46. The molecule has 0 heterocycles. The number of carbonyl (C=O) groups excluding carboxylic acids is 2. The first-order valence-electron chi connectivity index (χ1n) is 6.95. The summed E-state index contributed by atoms with van der Waals surface area (Å²) < 4.78 is 10.3. The molecular weight excluding hydrogens is 282 g/mol. The molecule has 118 valence electrons.